The average Bonchev–Trinajstić information content (AvgIpc) is 3.37. The highest BCUT2D eigenvalue weighted by Crippen LogP contribution is 2.18. The maximum Gasteiger partial charge on any atom is 0.326 e. The Labute approximate surface area is 173 Å². The molecule has 0 aromatic carbocycles. The molecule has 0 bridgehead atoms. The Kier molecular flexibility index (Phi) is 7.89. The summed E-state index contributed by atoms with van der Waals surface area (Å²) >= 11 is 0. The third-order valence-corrected chi connectivity index (χ3v) is 4.98. The zero-order chi connectivity index (χ0) is 22.4. The molecule has 5 unspecified atom stereocenters. The number of likely N-dealkylation sites (tertiary alicyclic amines) is 1. The molecular formula is C18H28N6O6. The molecular weight excluding hydrogens is 396 g/mol. The summed E-state index contributed by atoms with van der Waals surface area (Å²) in [7, 11) is 0. The van der Waals surface area contributed by atoms with Crippen molar-refractivity contribution in [2.24, 2.45) is 5.73 Å². The van der Waals surface area contributed by atoms with Crippen molar-refractivity contribution >= 4 is 23.7 Å². The fourth-order valence-corrected chi connectivity index (χ4v) is 3.22. The van der Waals surface area contributed by atoms with Gasteiger partial charge in [-0.15, -0.1) is 0 Å². The molecule has 2 heterocycles. The van der Waals surface area contributed by atoms with Crippen LogP contribution in [0.15, 0.2) is 12.5 Å². The van der Waals surface area contributed by atoms with Gasteiger partial charge in [0.2, 0.25) is 17.7 Å². The van der Waals surface area contributed by atoms with Crippen LogP contribution in [-0.4, -0.2) is 85.6 Å². The van der Waals surface area contributed by atoms with Crippen LogP contribution in [0.25, 0.3) is 0 Å². The van der Waals surface area contributed by atoms with E-state index in [2.05, 4.69) is 20.6 Å². The molecule has 0 saturated carbocycles. The van der Waals surface area contributed by atoms with Gasteiger partial charge in [0, 0.05) is 24.9 Å². The summed E-state index contributed by atoms with van der Waals surface area (Å²) in [5.41, 5.74) is 6.19. The number of nitrogens with one attached hydrogen (secondary N) is 3. The van der Waals surface area contributed by atoms with E-state index in [4.69, 9.17) is 5.73 Å². The Balaban J connectivity index is 2.07. The number of hydrogen-bond acceptors (Lipinski definition) is 7. The van der Waals surface area contributed by atoms with Gasteiger partial charge in [-0.1, -0.05) is 0 Å². The van der Waals surface area contributed by atoms with E-state index in [9.17, 15) is 29.4 Å². The summed E-state index contributed by atoms with van der Waals surface area (Å²) in [6.45, 7) is 3.10. The van der Waals surface area contributed by atoms with Gasteiger partial charge in [0.05, 0.1) is 12.4 Å². The van der Waals surface area contributed by atoms with Crippen molar-refractivity contribution in [2.75, 3.05) is 6.54 Å². The van der Waals surface area contributed by atoms with E-state index in [1.54, 1.807) is 0 Å². The lowest BCUT2D eigenvalue weighted by molar-refractivity contribution is -0.149. The molecule has 3 amide bonds. The number of imidazole rings is 1. The fraction of sp³-hybridized carbons (Fsp3) is 0.611. The third-order valence-electron chi connectivity index (χ3n) is 4.98. The predicted molar refractivity (Wildman–Crippen MR) is 104 cm³/mol. The maximum atomic E-state index is 12.8. The number of rotatable bonds is 9. The molecule has 0 radical (unpaired) electrons. The quantitative estimate of drug-likeness (QED) is 0.255. The number of carboxylic acids is 1. The fourth-order valence-electron chi connectivity index (χ4n) is 3.22. The van der Waals surface area contributed by atoms with Crippen LogP contribution >= 0.6 is 0 Å². The number of nitrogens with two attached hydrogens (primary N) is 1. The number of aliphatic hydroxyl groups is 1. The van der Waals surface area contributed by atoms with E-state index >= 15 is 0 Å². The first-order valence-corrected chi connectivity index (χ1v) is 9.66. The molecule has 1 aromatic heterocycles. The van der Waals surface area contributed by atoms with Gasteiger partial charge in [-0.05, 0) is 26.7 Å². The largest absolute Gasteiger partial charge is 0.480 e. The van der Waals surface area contributed by atoms with Crippen molar-refractivity contribution in [3.8, 4) is 0 Å². The van der Waals surface area contributed by atoms with Crippen LogP contribution in [-0.2, 0) is 25.6 Å². The number of H-pyrrole nitrogens is 1. The van der Waals surface area contributed by atoms with E-state index in [-0.39, 0.29) is 6.42 Å². The van der Waals surface area contributed by atoms with E-state index in [0.717, 1.165) is 0 Å². The zero-order valence-corrected chi connectivity index (χ0v) is 16.9. The third kappa shape index (κ3) is 5.76. The number of amides is 3. The molecule has 1 aromatic rings. The summed E-state index contributed by atoms with van der Waals surface area (Å²) < 4.78 is 0. The molecule has 166 valence electrons. The van der Waals surface area contributed by atoms with E-state index in [1.165, 1.54) is 31.3 Å². The van der Waals surface area contributed by atoms with Gasteiger partial charge in [0.25, 0.3) is 0 Å². The minimum Gasteiger partial charge on any atom is -0.480 e. The molecule has 30 heavy (non-hydrogen) atoms. The number of carboxylic acid groups (broad SMARTS) is 1. The first kappa shape index (κ1) is 23.3. The number of carbonyl (C=O) groups is 4. The van der Waals surface area contributed by atoms with Crippen LogP contribution in [0.2, 0.25) is 0 Å². The second-order valence-corrected chi connectivity index (χ2v) is 7.37. The number of aliphatic hydroxyl groups excluding tert-OH is 1. The highest BCUT2D eigenvalue weighted by Gasteiger charge is 2.37. The summed E-state index contributed by atoms with van der Waals surface area (Å²) in [6.07, 6.45) is 2.75. The number of nitrogens with zero attached hydrogens (tertiary/aromatic N) is 2. The lowest BCUT2D eigenvalue weighted by Gasteiger charge is -2.27. The monoisotopic (exact) mass is 424 g/mol. The number of carbonyl (C=O) groups excluding carboxylic acids is 3. The van der Waals surface area contributed by atoms with Gasteiger partial charge in [-0.25, -0.2) is 9.78 Å². The van der Waals surface area contributed by atoms with E-state index < -0.39 is 54.0 Å². The molecule has 7 N–H and O–H groups in total. The summed E-state index contributed by atoms with van der Waals surface area (Å²) in [5.74, 6) is -2.98. The number of aliphatic carboxylic acids is 1. The summed E-state index contributed by atoms with van der Waals surface area (Å²) in [4.78, 5) is 56.9. The van der Waals surface area contributed by atoms with E-state index in [0.29, 0.717) is 25.1 Å². The van der Waals surface area contributed by atoms with Crippen molar-refractivity contribution in [3.05, 3.63) is 18.2 Å². The van der Waals surface area contributed by atoms with Gasteiger partial charge in [-0.2, -0.15) is 0 Å². The molecule has 1 aliphatic heterocycles. The van der Waals surface area contributed by atoms with E-state index in [1.807, 2.05) is 0 Å². The molecule has 2 rings (SSSR count). The van der Waals surface area contributed by atoms with Crippen molar-refractivity contribution in [1.82, 2.24) is 25.5 Å². The van der Waals surface area contributed by atoms with Gasteiger partial charge < -0.3 is 36.5 Å². The maximum absolute atomic E-state index is 12.8. The smallest absolute Gasteiger partial charge is 0.326 e. The molecule has 0 aliphatic carbocycles. The van der Waals surface area contributed by atoms with Gasteiger partial charge in [0.15, 0.2) is 0 Å². The Bertz CT molecular complexity index is 767. The molecule has 1 fully saturated rings. The Morgan fingerprint density at radius 2 is 2.00 bits per heavy atom. The zero-order valence-electron chi connectivity index (χ0n) is 16.9. The molecule has 1 saturated heterocycles. The van der Waals surface area contributed by atoms with Gasteiger partial charge >= 0.3 is 5.97 Å². The van der Waals surface area contributed by atoms with Crippen LogP contribution in [0.3, 0.4) is 0 Å². The SMILES string of the molecule is CC(NC(=O)C(Cc1cnc[nH]1)NC(=O)C(N)C(C)O)C(=O)N1CCCC1C(=O)O. The van der Waals surface area contributed by atoms with Crippen molar-refractivity contribution < 1.29 is 29.4 Å². The van der Waals surface area contributed by atoms with Crippen molar-refractivity contribution in [2.45, 2.75) is 63.4 Å². The van der Waals surface area contributed by atoms with Crippen molar-refractivity contribution in [1.29, 1.82) is 0 Å². The second kappa shape index (κ2) is 10.2. The minimum absolute atomic E-state index is 0.0481. The Morgan fingerprint density at radius 1 is 1.30 bits per heavy atom. The van der Waals surface area contributed by atoms with Crippen molar-refractivity contribution in [3.63, 3.8) is 0 Å². The number of aromatic amines is 1. The normalized spacial score (nSPS) is 20.1. The molecule has 5 atom stereocenters. The van der Waals surface area contributed by atoms with Crippen LogP contribution in [0.5, 0.6) is 0 Å². The number of aromatic nitrogens is 2. The lowest BCUT2D eigenvalue weighted by Crippen LogP contribution is -2.58. The Hall–Kier alpha value is -2.99. The summed E-state index contributed by atoms with van der Waals surface area (Å²) in [6, 6.07) is -4.24. The standard InChI is InChI=1S/C18H28N6O6/c1-9(17(28)24-5-3-4-13(24)18(29)30)22-15(26)12(6-11-7-20-8-21-11)23-16(27)14(19)10(2)25/h7-10,12-14,25H,3-6,19H2,1-2H3,(H,20,21)(H,22,26)(H,23,27)(H,29,30). The number of hydrogen-bond donors (Lipinski definition) is 6. The summed E-state index contributed by atoms with van der Waals surface area (Å²) in [5, 5.41) is 23.8. The molecule has 12 heteroatoms. The lowest BCUT2D eigenvalue weighted by atomic mass is 10.1. The first-order valence-electron chi connectivity index (χ1n) is 9.66. The minimum atomic E-state index is -1.23. The predicted octanol–water partition coefficient (Wildman–Crippen LogP) is -2.27. The van der Waals surface area contributed by atoms with Crippen LogP contribution in [0.4, 0.5) is 0 Å². The topological polar surface area (TPSA) is 191 Å². The average molecular weight is 424 g/mol. The highest BCUT2D eigenvalue weighted by molar-refractivity contribution is 5.94. The molecule has 0 spiro atoms. The Morgan fingerprint density at radius 3 is 2.57 bits per heavy atom. The second-order valence-electron chi connectivity index (χ2n) is 7.37. The molecule has 1 aliphatic rings. The van der Waals surface area contributed by atoms with Crippen LogP contribution < -0.4 is 16.4 Å². The highest BCUT2D eigenvalue weighted by atomic mass is 16.4. The first-order chi connectivity index (χ1) is 14.1. The van der Waals surface area contributed by atoms with Gasteiger partial charge in [0.1, 0.15) is 24.2 Å². The van der Waals surface area contributed by atoms with Gasteiger partial charge in [-0.3, -0.25) is 14.4 Å². The van der Waals surface area contributed by atoms with Crippen LogP contribution in [0, 0.1) is 0 Å². The van der Waals surface area contributed by atoms with Crippen LogP contribution in [0.1, 0.15) is 32.4 Å². The molecule has 12 nitrogen and oxygen atoms in total.